The summed E-state index contributed by atoms with van der Waals surface area (Å²) in [5.74, 6) is -0.0223. The van der Waals surface area contributed by atoms with Crippen LogP contribution in [0.3, 0.4) is 0 Å². The molecule has 2 heterocycles. The molecule has 1 N–H and O–H groups in total. The van der Waals surface area contributed by atoms with E-state index in [1.54, 1.807) is 18.0 Å². The normalized spacial score (nSPS) is 13.2. The fraction of sp³-hybridized carbons (Fsp3) is 0.375. The van der Waals surface area contributed by atoms with Gasteiger partial charge in [-0.15, -0.1) is 0 Å². The van der Waals surface area contributed by atoms with Crippen LogP contribution in [0.5, 0.6) is 5.75 Å². The van der Waals surface area contributed by atoms with E-state index in [0.717, 1.165) is 17.9 Å². The largest absolute Gasteiger partial charge is 0.494 e. The van der Waals surface area contributed by atoms with E-state index in [2.05, 4.69) is 39.7 Å². The molecule has 0 spiro atoms. The van der Waals surface area contributed by atoms with Crippen molar-refractivity contribution < 1.29 is 18.7 Å². The Morgan fingerprint density at radius 3 is 2.59 bits per heavy atom. The maximum Gasteiger partial charge on any atom is 0.255 e. The molecule has 1 aliphatic carbocycles. The van der Waals surface area contributed by atoms with Gasteiger partial charge in [0.15, 0.2) is 11.6 Å². The highest BCUT2D eigenvalue weighted by molar-refractivity contribution is 5.95. The summed E-state index contributed by atoms with van der Waals surface area (Å²) in [6.07, 6.45) is 6.95. The molecule has 0 saturated heterocycles. The number of rotatable bonds is 10. The number of nitrogens with one attached hydrogen (secondary N) is 1. The SMILES string of the molecule is COCc1nn(Cc2ccc(CC3CC3)cc2)cc1C(=O)NCc1nccc(OC)c1F. The van der Waals surface area contributed by atoms with Gasteiger partial charge in [0.25, 0.3) is 5.91 Å². The van der Waals surface area contributed by atoms with Gasteiger partial charge in [0.05, 0.1) is 38.1 Å². The molecule has 168 valence electrons. The fourth-order valence-corrected chi connectivity index (χ4v) is 3.61. The van der Waals surface area contributed by atoms with E-state index in [9.17, 15) is 9.18 Å². The highest BCUT2D eigenvalue weighted by atomic mass is 19.1. The van der Waals surface area contributed by atoms with Crippen molar-refractivity contribution in [3.63, 3.8) is 0 Å². The number of pyridine rings is 1. The molecule has 1 aromatic carbocycles. The van der Waals surface area contributed by atoms with Crippen LogP contribution in [0.2, 0.25) is 0 Å². The topological polar surface area (TPSA) is 78.3 Å². The maximum absolute atomic E-state index is 14.3. The van der Waals surface area contributed by atoms with Crippen molar-refractivity contribution in [1.29, 1.82) is 0 Å². The second kappa shape index (κ2) is 9.91. The van der Waals surface area contributed by atoms with E-state index in [-0.39, 0.29) is 30.5 Å². The zero-order valence-corrected chi connectivity index (χ0v) is 18.3. The molecule has 4 rings (SSSR count). The van der Waals surface area contributed by atoms with Gasteiger partial charge in [-0.3, -0.25) is 14.5 Å². The van der Waals surface area contributed by atoms with Crippen LogP contribution in [-0.2, 0) is 30.9 Å². The Balaban J connectivity index is 1.44. The number of aromatic nitrogens is 3. The van der Waals surface area contributed by atoms with E-state index < -0.39 is 5.82 Å². The van der Waals surface area contributed by atoms with Gasteiger partial charge in [-0.2, -0.15) is 5.10 Å². The first kappa shape index (κ1) is 22.0. The Morgan fingerprint density at radius 1 is 1.16 bits per heavy atom. The minimum Gasteiger partial charge on any atom is -0.494 e. The van der Waals surface area contributed by atoms with Gasteiger partial charge in [0, 0.05) is 25.6 Å². The lowest BCUT2D eigenvalue weighted by Crippen LogP contribution is -2.24. The number of methoxy groups -OCH3 is 2. The molecule has 2 aromatic heterocycles. The first-order chi connectivity index (χ1) is 15.6. The molecule has 0 bridgehead atoms. The lowest BCUT2D eigenvalue weighted by atomic mass is 10.1. The van der Waals surface area contributed by atoms with Crippen molar-refractivity contribution in [3.05, 3.63) is 76.6 Å². The van der Waals surface area contributed by atoms with Crippen molar-refractivity contribution in [1.82, 2.24) is 20.1 Å². The fourth-order valence-electron chi connectivity index (χ4n) is 3.61. The average Bonchev–Trinajstić information content (AvgIpc) is 3.53. The highest BCUT2D eigenvalue weighted by Gasteiger charge is 2.21. The first-order valence-corrected chi connectivity index (χ1v) is 10.7. The van der Waals surface area contributed by atoms with E-state index in [1.165, 1.54) is 37.8 Å². The van der Waals surface area contributed by atoms with Crippen molar-refractivity contribution >= 4 is 5.91 Å². The van der Waals surface area contributed by atoms with Gasteiger partial charge in [-0.05, 0) is 36.3 Å². The van der Waals surface area contributed by atoms with Crippen LogP contribution in [0, 0.1) is 11.7 Å². The molecule has 32 heavy (non-hydrogen) atoms. The Morgan fingerprint density at radius 2 is 1.91 bits per heavy atom. The van der Waals surface area contributed by atoms with Crippen molar-refractivity contribution in [2.45, 2.75) is 39.0 Å². The van der Waals surface area contributed by atoms with Crippen molar-refractivity contribution in [3.8, 4) is 5.75 Å². The van der Waals surface area contributed by atoms with Gasteiger partial charge in [0.1, 0.15) is 5.69 Å². The maximum atomic E-state index is 14.3. The smallest absolute Gasteiger partial charge is 0.255 e. The van der Waals surface area contributed by atoms with Gasteiger partial charge in [-0.25, -0.2) is 4.39 Å². The first-order valence-electron chi connectivity index (χ1n) is 10.7. The van der Waals surface area contributed by atoms with Gasteiger partial charge in [0.2, 0.25) is 0 Å². The number of amides is 1. The zero-order valence-electron chi connectivity index (χ0n) is 18.3. The predicted octanol–water partition coefficient (Wildman–Crippen LogP) is 3.50. The molecule has 3 aromatic rings. The molecular formula is C24H27FN4O3. The quantitative estimate of drug-likeness (QED) is 0.524. The number of hydrogen-bond acceptors (Lipinski definition) is 5. The molecule has 1 fully saturated rings. The number of hydrogen-bond donors (Lipinski definition) is 1. The van der Waals surface area contributed by atoms with Gasteiger partial charge in [-0.1, -0.05) is 24.3 Å². The van der Waals surface area contributed by atoms with Crippen LogP contribution < -0.4 is 10.1 Å². The summed E-state index contributed by atoms with van der Waals surface area (Å²) < 4.78 is 26.2. The number of nitrogens with zero attached hydrogens (tertiary/aromatic N) is 3. The number of carbonyl (C=O) groups is 1. The third-order valence-electron chi connectivity index (χ3n) is 5.51. The van der Waals surface area contributed by atoms with Crippen molar-refractivity contribution in [2.75, 3.05) is 14.2 Å². The summed E-state index contributed by atoms with van der Waals surface area (Å²) in [7, 11) is 2.93. The average molecular weight is 439 g/mol. The Bertz CT molecular complexity index is 1080. The molecule has 8 heteroatoms. The number of benzene rings is 1. The Labute approximate surface area is 186 Å². The molecular weight excluding hydrogens is 411 g/mol. The van der Waals surface area contributed by atoms with E-state index in [1.807, 2.05) is 0 Å². The third kappa shape index (κ3) is 5.31. The Kier molecular flexibility index (Phi) is 6.80. The number of carbonyl (C=O) groups excluding carboxylic acids is 1. The number of halogens is 1. The summed E-state index contributed by atoms with van der Waals surface area (Å²) in [4.78, 5) is 16.8. The second-order valence-corrected chi connectivity index (χ2v) is 8.04. The summed E-state index contributed by atoms with van der Waals surface area (Å²) in [6, 6.07) is 9.96. The van der Waals surface area contributed by atoms with E-state index in [4.69, 9.17) is 9.47 Å². The van der Waals surface area contributed by atoms with Crippen molar-refractivity contribution in [2.24, 2.45) is 5.92 Å². The van der Waals surface area contributed by atoms with Crippen LogP contribution >= 0.6 is 0 Å². The van der Waals surface area contributed by atoms with E-state index in [0.29, 0.717) is 17.8 Å². The van der Waals surface area contributed by atoms with Crippen LogP contribution in [-0.4, -0.2) is 34.9 Å². The molecule has 0 aliphatic heterocycles. The molecule has 7 nitrogen and oxygen atoms in total. The molecule has 1 aliphatic rings. The second-order valence-electron chi connectivity index (χ2n) is 8.04. The van der Waals surface area contributed by atoms with Crippen LogP contribution in [0.15, 0.2) is 42.7 Å². The molecule has 0 radical (unpaired) electrons. The highest BCUT2D eigenvalue weighted by Crippen LogP contribution is 2.32. The van der Waals surface area contributed by atoms with Gasteiger partial charge < -0.3 is 14.8 Å². The molecule has 1 saturated carbocycles. The minimum absolute atomic E-state index is 0.0675. The van der Waals surface area contributed by atoms with Crippen LogP contribution in [0.4, 0.5) is 4.39 Å². The summed E-state index contributed by atoms with van der Waals surface area (Å²) in [6.45, 7) is 0.670. The predicted molar refractivity (Wildman–Crippen MR) is 117 cm³/mol. The molecule has 0 atom stereocenters. The monoisotopic (exact) mass is 438 g/mol. The lowest BCUT2D eigenvalue weighted by Gasteiger charge is -2.08. The Hall–Kier alpha value is -3.26. The van der Waals surface area contributed by atoms with Crippen LogP contribution in [0.25, 0.3) is 0 Å². The molecule has 1 amide bonds. The summed E-state index contributed by atoms with van der Waals surface area (Å²) in [5, 5.41) is 7.23. The molecule has 0 unspecified atom stereocenters. The number of ether oxygens (including phenoxy) is 2. The van der Waals surface area contributed by atoms with Crippen LogP contribution in [0.1, 0.15) is 45.7 Å². The standard InChI is InChI=1S/C24H27FN4O3/c1-31-15-21-19(24(30)27-12-20-23(25)22(32-2)9-10-26-20)14-29(28-21)13-18-7-5-17(6-8-18)11-16-3-4-16/h5-10,14,16H,3-4,11-13,15H2,1-2H3,(H,27,30). The van der Waals surface area contributed by atoms with E-state index >= 15 is 0 Å². The lowest BCUT2D eigenvalue weighted by molar-refractivity contribution is 0.0945. The van der Waals surface area contributed by atoms with Gasteiger partial charge >= 0.3 is 0 Å². The minimum atomic E-state index is -0.590. The summed E-state index contributed by atoms with van der Waals surface area (Å²) in [5.41, 5.74) is 3.47. The summed E-state index contributed by atoms with van der Waals surface area (Å²) >= 11 is 0. The third-order valence-corrected chi connectivity index (χ3v) is 5.51. The zero-order chi connectivity index (χ0) is 22.5.